The first-order valence-electron chi connectivity index (χ1n) is 5.23. The molecule has 2 aromatic carbocycles. The van der Waals surface area contributed by atoms with Crippen LogP contribution in [0.3, 0.4) is 0 Å². The SMILES string of the molecule is Cc1ccc2c(c1)[nH]c1c(C)cccc12.[HH]. The van der Waals surface area contributed by atoms with E-state index in [0.29, 0.717) is 0 Å². The molecule has 15 heavy (non-hydrogen) atoms. The maximum absolute atomic E-state index is 3.49. The van der Waals surface area contributed by atoms with Crippen molar-refractivity contribution in [3.63, 3.8) is 0 Å². The summed E-state index contributed by atoms with van der Waals surface area (Å²) in [5, 5.41) is 2.64. The fourth-order valence-electron chi connectivity index (χ4n) is 2.19. The molecule has 1 nitrogen and oxygen atoms in total. The zero-order valence-electron chi connectivity index (χ0n) is 8.96. The quantitative estimate of drug-likeness (QED) is 0.556. The van der Waals surface area contributed by atoms with Crippen LogP contribution in [0.4, 0.5) is 0 Å². The second-order valence-electron chi connectivity index (χ2n) is 4.17. The Bertz CT molecular complexity index is 652. The van der Waals surface area contributed by atoms with E-state index in [1.165, 1.54) is 32.9 Å². The fraction of sp³-hybridized carbons (Fsp3) is 0.143. The molecule has 1 aromatic heterocycles. The summed E-state index contributed by atoms with van der Waals surface area (Å²) in [6.07, 6.45) is 0. The second-order valence-corrected chi connectivity index (χ2v) is 4.17. The standard InChI is InChI=1S/C14H13N.H2/c1-9-6-7-11-12-5-3-4-10(2)14(12)15-13(11)8-9;/h3-8,15H,1-2H3;1H. The van der Waals surface area contributed by atoms with Gasteiger partial charge in [0.15, 0.2) is 0 Å². The topological polar surface area (TPSA) is 15.8 Å². The van der Waals surface area contributed by atoms with Gasteiger partial charge in [0.25, 0.3) is 0 Å². The Balaban J connectivity index is 0.000000963. The fourth-order valence-corrected chi connectivity index (χ4v) is 2.19. The number of hydrogen-bond donors (Lipinski definition) is 1. The van der Waals surface area contributed by atoms with Gasteiger partial charge in [-0.25, -0.2) is 0 Å². The lowest BCUT2D eigenvalue weighted by molar-refractivity contribution is 1.44. The average molecular weight is 197 g/mol. The van der Waals surface area contributed by atoms with Crippen LogP contribution in [0.15, 0.2) is 36.4 Å². The highest BCUT2D eigenvalue weighted by Gasteiger charge is 2.04. The summed E-state index contributed by atoms with van der Waals surface area (Å²) in [6.45, 7) is 4.27. The van der Waals surface area contributed by atoms with E-state index < -0.39 is 0 Å². The van der Waals surface area contributed by atoms with Crippen LogP contribution < -0.4 is 0 Å². The molecule has 76 valence electrons. The molecule has 0 amide bonds. The van der Waals surface area contributed by atoms with Gasteiger partial charge in [-0.2, -0.15) is 0 Å². The molecule has 0 aliphatic rings. The molecule has 0 unspecified atom stereocenters. The van der Waals surface area contributed by atoms with Crippen molar-refractivity contribution in [3.8, 4) is 0 Å². The van der Waals surface area contributed by atoms with E-state index in [2.05, 4.69) is 55.2 Å². The molecule has 0 aliphatic heterocycles. The number of aromatic nitrogens is 1. The number of hydrogen-bond acceptors (Lipinski definition) is 0. The third-order valence-corrected chi connectivity index (χ3v) is 3.00. The zero-order chi connectivity index (χ0) is 10.4. The normalized spacial score (nSPS) is 11.3. The lowest BCUT2D eigenvalue weighted by Crippen LogP contribution is -1.73. The van der Waals surface area contributed by atoms with Crippen molar-refractivity contribution < 1.29 is 1.43 Å². The number of benzene rings is 2. The van der Waals surface area contributed by atoms with Crippen LogP contribution in [-0.4, -0.2) is 4.98 Å². The smallest absolute Gasteiger partial charge is 0.0494 e. The first-order chi connectivity index (χ1) is 7.25. The monoisotopic (exact) mass is 197 g/mol. The summed E-state index contributed by atoms with van der Waals surface area (Å²) in [4.78, 5) is 3.49. The molecule has 3 rings (SSSR count). The molecule has 0 saturated heterocycles. The lowest BCUT2D eigenvalue weighted by atomic mass is 10.1. The largest absolute Gasteiger partial charge is 0.354 e. The third kappa shape index (κ3) is 1.16. The van der Waals surface area contributed by atoms with Crippen molar-refractivity contribution in [3.05, 3.63) is 47.5 Å². The van der Waals surface area contributed by atoms with Crippen LogP contribution in [0.2, 0.25) is 0 Å². The van der Waals surface area contributed by atoms with Gasteiger partial charge in [0.1, 0.15) is 0 Å². The van der Waals surface area contributed by atoms with Gasteiger partial charge >= 0.3 is 0 Å². The van der Waals surface area contributed by atoms with Gasteiger partial charge in [-0.1, -0.05) is 30.3 Å². The van der Waals surface area contributed by atoms with Gasteiger partial charge < -0.3 is 4.98 Å². The predicted molar refractivity (Wildman–Crippen MR) is 67.4 cm³/mol. The summed E-state index contributed by atoms with van der Waals surface area (Å²) >= 11 is 0. The number of fused-ring (bicyclic) bond motifs is 3. The van der Waals surface area contributed by atoms with E-state index in [1.54, 1.807) is 0 Å². The number of para-hydroxylation sites is 1. The van der Waals surface area contributed by atoms with Crippen LogP contribution >= 0.6 is 0 Å². The van der Waals surface area contributed by atoms with E-state index in [1.807, 2.05) is 0 Å². The maximum Gasteiger partial charge on any atom is 0.0494 e. The summed E-state index contributed by atoms with van der Waals surface area (Å²) in [7, 11) is 0. The Kier molecular flexibility index (Phi) is 1.63. The van der Waals surface area contributed by atoms with E-state index in [9.17, 15) is 0 Å². The number of rotatable bonds is 0. The Morgan fingerprint density at radius 3 is 2.73 bits per heavy atom. The molecule has 1 heteroatoms. The highest BCUT2D eigenvalue weighted by atomic mass is 14.7. The lowest BCUT2D eigenvalue weighted by Gasteiger charge is -1.94. The van der Waals surface area contributed by atoms with Crippen LogP contribution in [-0.2, 0) is 0 Å². The molecule has 3 aromatic rings. The summed E-state index contributed by atoms with van der Waals surface area (Å²) < 4.78 is 0. The van der Waals surface area contributed by atoms with Gasteiger partial charge in [0.2, 0.25) is 0 Å². The predicted octanol–water partition coefficient (Wildman–Crippen LogP) is 4.18. The van der Waals surface area contributed by atoms with Crippen molar-refractivity contribution in [1.29, 1.82) is 0 Å². The Labute approximate surface area is 90.2 Å². The molecular weight excluding hydrogens is 182 g/mol. The van der Waals surface area contributed by atoms with Gasteiger partial charge in [0, 0.05) is 23.2 Å². The molecule has 1 heterocycles. The Morgan fingerprint density at radius 1 is 1.00 bits per heavy atom. The van der Waals surface area contributed by atoms with Gasteiger partial charge in [0.05, 0.1) is 0 Å². The number of aryl methyl sites for hydroxylation is 2. The molecule has 1 N–H and O–H groups in total. The van der Waals surface area contributed by atoms with Crippen LogP contribution in [0.25, 0.3) is 21.8 Å². The first kappa shape index (κ1) is 8.54. The molecule has 0 bridgehead atoms. The highest BCUT2D eigenvalue weighted by molar-refractivity contribution is 6.08. The van der Waals surface area contributed by atoms with Crippen molar-refractivity contribution in [2.75, 3.05) is 0 Å². The summed E-state index contributed by atoms with van der Waals surface area (Å²) in [6, 6.07) is 13.0. The second kappa shape index (κ2) is 2.86. The molecule has 0 radical (unpaired) electrons. The van der Waals surface area contributed by atoms with Crippen LogP contribution in [0.5, 0.6) is 0 Å². The van der Waals surface area contributed by atoms with Gasteiger partial charge in [-0.3, -0.25) is 0 Å². The van der Waals surface area contributed by atoms with Gasteiger partial charge in [-0.15, -0.1) is 0 Å². The van der Waals surface area contributed by atoms with E-state index in [-0.39, 0.29) is 1.43 Å². The van der Waals surface area contributed by atoms with Crippen molar-refractivity contribution >= 4 is 21.8 Å². The molecular formula is C14H15N. The number of H-pyrrole nitrogens is 1. The van der Waals surface area contributed by atoms with E-state index >= 15 is 0 Å². The average Bonchev–Trinajstić information content (AvgIpc) is 2.57. The van der Waals surface area contributed by atoms with Crippen molar-refractivity contribution in [1.82, 2.24) is 4.98 Å². The minimum absolute atomic E-state index is 0. The molecule has 0 atom stereocenters. The third-order valence-electron chi connectivity index (χ3n) is 3.00. The van der Waals surface area contributed by atoms with Crippen molar-refractivity contribution in [2.45, 2.75) is 13.8 Å². The van der Waals surface area contributed by atoms with E-state index in [0.717, 1.165) is 0 Å². The summed E-state index contributed by atoms with van der Waals surface area (Å²) in [5.41, 5.74) is 5.10. The minimum atomic E-state index is 0. The number of aromatic amines is 1. The Hall–Kier alpha value is -1.76. The maximum atomic E-state index is 3.49. The minimum Gasteiger partial charge on any atom is -0.354 e. The highest BCUT2D eigenvalue weighted by Crippen LogP contribution is 2.27. The van der Waals surface area contributed by atoms with Gasteiger partial charge in [-0.05, 0) is 31.0 Å². The van der Waals surface area contributed by atoms with Crippen molar-refractivity contribution in [2.24, 2.45) is 0 Å². The molecule has 0 aliphatic carbocycles. The van der Waals surface area contributed by atoms with Crippen LogP contribution in [0.1, 0.15) is 12.6 Å². The molecule has 0 spiro atoms. The first-order valence-corrected chi connectivity index (χ1v) is 5.23. The van der Waals surface area contributed by atoms with E-state index in [4.69, 9.17) is 0 Å². The molecule has 0 fully saturated rings. The zero-order valence-corrected chi connectivity index (χ0v) is 8.96. The van der Waals surface area contributed by atoms with Crippen LogP contribution in [0, 0.1) is 13.8 Å². The number of nitrogens with one attached hydrogen (secondary N) is 1. The summed E-state index contributed by atoms with van der Waals surface area (Å²) in [5.74, 6) is 0. The Morgan fingerprint density at radius 2 is 1.87 bits per heavy atom. The molecule has 0 saturated carbocycles.